The highest BCUT2D eigenvalue weighted by Gasteiger charge is 2.26. The van der Waals surface area contributed by atoms with E-state index in [1.165, 1.54) is 0 Å². The predicted molar refractivity (Wildman–Crippen MR) is 76.4 cm³/mol. The number of hydrogen-bond acceptors (Lipinski definition) is 4. The smallest absolute Gasteiger partial charge is 0.306 e. The largest absolute Gasteiger partial charge is 0.481 e. The molecule has 0 radical (unpaired) electrons. The van der Waals surface area contributed by atoms with Crippen LogP contribution in [0.25, 0.3) is 0 Å². The molecule has 0 aliphatic heterocycles. The lowest BCUT2D eigenvalue weighted by molar-refractivity contribution is -0.143. The molecule has 1 aromatic rings. The molecule has 1 heterocycles. The molecule has 0 aromatic carbocycles. The molecule has 7 nitrogen and oxygen atoms in total. The van der Waals surface area contributed by atoms with Gasteiger partial charge in [0.25, 0.3) is 0 Å². The van der Waals surface area contributed by atoms with Gasteiger partial charge in [0, 0.05) is 24.9 Å². The number of nitrogens with zero attached hydrogens (tertiary/aromatic N) is 1. The summed E-state index contributed by atoms with van der Waals surface area (Å²) in [7, 11) is 0. The van der Waals surface area contributed by atoms with E-state index >= 15 is 0 Å². The van der Waals surface area contributed by atoms with Gasteiger partial charge in [-0.15, -0.1) is 0 Å². The monoisotopic (exact) mass is 294 g/mol. The van der Waals surface area contributed by atoms with E-state index in [1.54, 1.807) is 12.5 Å². The van der Waals surface area contributed by atoms with E-state index in [-0.39, 0.29) is 11.8 Å². The quantitative estimate of drug-likeness (QED) is 0.600. The van der Waals surface area contributed by atoms with Gasteiger partial charge in [-0.05, 0) is 31.6 Å². The van der Waals surface area contributed by atoms with E-state index in [9.17, 15) is 9.59 Å². The van der Waals surface area contributed by atoms with Gasteiger partial charge in [0.05, 0.1) is 18.3 Å². The fourth-order valence-corrected chi connectivity index (χ4v) is 2.72. The van der Waals surface area contributed by atoms with Gasteiger partial charge in [-0.2, -0.15) is 0 Å². The SMILES string of the molecule is N[C@@H](Cc1cnc[nH]1)C(=O)NCC1CCC(C(=O)O)CC1. The third-order valence-electron chi connectivity index (χ3n) is 4.09. The molecule has 21 heavy (non-hydrogen) atoms. The zero-order valence-corrected chi connectivity index (χ0v) is 11.9. The molecule has 1 saturated carbocycles. The second kappa shape index (κ2) is 7.21. The molecule has 1 aromatic heterocycles. The van der Waals surface area contributed by atoms with Crippen LogP contribution in [-0.2, 0) is 16.0 Å². The minimum Gasteiger partial charge on any atom is -0.481 e. The first-order valence-corrected chi connectivity index (χ1v) is 7.29. The van der Waals surface area contributed by atoms with Crippen LogP contribution < -0.4 is 11.1 Å². The first kappa shape index (κ1) is 15.5. The number of imidazole rings is 1. The lowest BCUT2D eigenvalue weighted by Gasteiger charge is -2.26. The van der Waals surface area contributed by atoms with Crippen LogP contribution in [0.4, 0.5) is 0 Å². The normalized spacial score (nSPS) is 23.5. The highest BCUT2D eigenvalue weighted by Crippen LogP contribution is 2.28. The van der Waals surface area contributed by atoms with Crippen LogP contribution in [0.1, 0.15) is 31.4 Å². The Kier molecular flexibility index (Phi) is 5.32. The number of amides is 1. The number of H-pyrrole nitrogens is 1. The van der Waals surface area contributed by atoms with E-state index in [0.717, 1.165) is 18.5 Å². The number of hydrogen-bond donors (Lipinski definition) is 4. The average molecular weight is 294 g/mol. The third-order valence-corrected chi connectivity index (χ3v) is 4.09. The summed E-state index contributed by atoms with van der Waals surface area (Å²) in [6, 6.07) is -0.596. The van der Waals surface area contributed by atoms with E-state index < -0.39 is 12.0 Å². The minimum atomic E-state index is -0.709. The molecular formula is C14H22N4O3. The summed E-state index contributed by atoms with van der Waals surface area (Å²) >= 11 is 0. The first-order valence-electron chi connectivity index (χ1n) is 7.29. The van der Waals surface area contributed by atoms with Gasteiger partial charge in [0.2, 0.25) is 5.91 Å². The Hall–Kier alpha value is -1.89. The molecular weight excluding hydrogens is 272 g/mol. The third kappa shape index (κ3) is 4.56. The van der Waals surface area contributed by atoms with Gasteiger partial charge in [-0.3, -0.25) is 9.59 Å². The summed E-state index contributed by atoms with van der Waals surface area (Å²) in [6.45, 7) is 0.571. The standard InChI is InChI=1S/C14H22N4O3/c15-12(5-11-7-16-8-18-11)13(19)17-6-9-1-3-10(4-2-9)14(20)21/h7-10,12H,1-6,15H2,(H,16,18)(H,17,19)(H,20,21)/t9?,10?,12-/m0/s1. The van der Waals surface area contributed by atoms with Crippen molar-refractivity contribution in [1.29, 1.82) is 0 Å². The number of aromatic amines is 1. The number of aromatic nitrogens is 2. The molecule has 0 saturated heterocycles. The van der Waals surface area contributed by atoms with E-state index in [2.05, 4.69) is 15.3 Å². The second-order valence-corrected chi connectivity index (χ2v) is 5.69. The minimum absolute atomic E-state index is 0.176. The molecule has 1 aliphatic rings. The van der Waals surface area contributed by atoms with Crippen molar-refractivity contribution in [1.82, 2.24) is 15.3 Å². The lowest BCUT2D eigenvalue weighted by atomic mass is 9.82. The molecule has 0 unspecified atom stereocenters. The van der Waals surface area contributed by atoms with Crippen LogP contribution in [0.15, 0.2) is 12.5 Å². The van der Waals surface area contributed by atoms with Crippen LogP contribution >= 0.6 is 0 Å². The van der Waals surface area contributed by atoms with Crippen molar-refractivity contribution in [2.24, 2.45) is 17.6 Å². The molecule has 7 heteroatoms. The van der Waals surface area contributed by atoms with Crippen LogP contribution in [0, 0.1) is 11.8 Å². The van der Waals surface area contributed by atoms with Crippen LogP contribution in [-0.4, -0.2) is 39.5 Å². The maximum atomic E-state index is 11.9. The first-order chi connectivity index (χ1) is 10.1. The Bertz CT molecular complexity index is 467. The molecule has 2 rings (SSSR count). The zero-order chi connectivity index (χ0) is 15.2. The van der Waals surface area contributed by atoms with Crippen molar-refractivity contribution in [2.75, 3.05) is 6.54 Å². The second-order valence-electron chi connectivity index (χ2n) is 5.69. The van der Waals surface area contributed by atoms with Crippen molar-refractivity contribution < 1.29 is 14.7 Å². The fourth-order valence-electron chi connectivity index (χ4n) is 2.72. The molecule has 1 aliphatic carbocycles. The van der Waals surface area contributed by atoms with E-state index in [1.807, 2.05) is 0 Å². The molecule has 1 atom stereocenters. The van der Waals surface area contributed by atoms with E-state index in [4.69, 9.17) is 10.8 Å². The summed E-state index contributed by atoms with van der Waals surface area (Å²) in [6.07, 6.45) is 6.70. The van der Waals surface area contributed by atoms with Crippen molar-refractivity contribution in [2.45, 2.75) is 38.1 Å². The Labute approximate surface area is 123 Å². The average Bonchev–Trinajstić information content (AvgIpc) is 2.98. The number of carbonyl (C=O) groups is 2. The summed E-state index contributed by atoms with van der Waals surface area (Å²) in [4.78, 5) is 29.6. The zero-order valence-electron chi connectivity index (χ0n) is 11.9. The number of carboxylic acids is 1. The van der Waals surface area contributed by atoms with Gasteiger partial charge in [-0.1, -0.05) is 0 Å². The van der Waals surface area contributed by atoms with Crippen LogP contribution in [0.3, 0.4) is 0 Å². The van der Waals surface area contributed by atoms with E-state index in [0.29, 0.717) is 31.7 Å². The topological polar surface area (TPSA) is 121 Å². The molecule has 0 bridgehead atoms. The maximum Gasteiger partial charge on any atom is 0.306 e. The van der Waals surface area contributed by atoms with Gasteiger partial charge in [-0.25, -0.2) is 4.98 Å². The van der Waals surface area contributed by atoms with Crippen molar-refractivity contribution >= 4 is 11.9 Å². The molecule has 1 amide bonds. The van der Waals surface area contributed by atoms with Gasteiger partial charge < -0.3 is 21.1 Å². The van der Waals surface area contributed by atoms with Crippen molar-refractivity contribution in [3.63, 3.8) is 0 Å². The number of nitrogens with one attached hydrogen (secondary N) is 2. The highest BCUT2D eigenvalue weighted by molar-refractivity contribution is 5.81. The summed E-state index contributed by atoms with van der Waals surface area (Å²) in [5.41, 5.74) is 6.68. The Morgan fingerprint density at radius 3 is 2.71 bits per heavy atom. The van der Waals surface area contributed by atoms with Gasteiger partial charge >= 0.3 is 5.97 Å². The Balaban J connectivity index is 1.68. The molecule has 5 N–H and O–H groups in total. The molecule has 0 spiro atoms. The number of carboxylic acid groups (broad SMARTS) is 1. The fraction of sp³-hybridized carbons (Fsp3) is 0.643. The predicted octanol–water partition coefficient (Wildman–Crippen LogP) is 0.287. The maximum absolute atomic E-state index is 11.9. The number of nitrogens with two attached hydrogens (primary N) is 1. The summed E-state index contributed by atoms with van der Waals surface area (Å²) < 4.78 is 0. The van der Waals surface area contributed by atoms with Crippen LogP contribution in [0.2, 0.25) is 0 Å². The van der Waals surface area contributed by atoms with Gasteiger partial charge in [0.1, 0.15) is 0 Å². The summed E-state index contributed by atoms with van der Waals surface area (Å²) in [5.74, 6) is -0.757. The number of carbonyl (C=O) groups excluding carboxylic acids is 1. The summed E-state index contributed by atoms with van der Waals surface area (Å²) in [5, 5.41) is 11.8. The van der Waals surface area contributed by atoms with Crippen LogP contribution in [0.5, 0.6) is 0 Å². The van der Waals surface area contributed by atoms with Crippen molar-refractivity contribution in [3.8, 4) is 0 Å². The van der Waals surface area contributed by atoms with Crippen molar-refractivity contribution in [3.05, 3.63) is 18.2 Å². The molecule has 1 fully saturated rings. The highest BCUT2D eigenvalue weighted by atomic mass is 16.4. The Morgan fingerprint density at radius 1 is 1.43 bits per heavy atom. The molecule has 116 valence electrons. The number of aliphatic carboxylic acids is 1. The van der Waals surface area contributed by atoms with Gasteiger partial charge in [0.15, 0.2) is 0 Å². The lowest BCUT2D eigenvalue weighted by Crippen LogP contribution is -2.44. The Morgan fingerprint density at radius 2 is 2.14 bits per heavy atom. The number of rotatable bonds is 6.